The fraction of sp³-hybridized carbons (Fsp3) is 0. The van der Waals surface area contributed by atoms with Gasteiger partial charge in [-0.3, -0.25) is 0 Å². The number of ether oxygens (including phenoxy) is 1. The molecule has 1 aromatic heterocycles. The minimum atomic E-state index is -1.02. The van der Waals surface area contributed by atoms with Gasteiger partial charge in [-0.15, -0.1) is 11.3 Å². The van der Waals surface area contributed by atoms with Crippen LogP contribution in [0.1, 0.15) is 9.67 Å². The third-order valence-corrected chi connectivity index (χ3v) is 3.10. The van der Waals surface area contributed by atoms with E-state index in [2.05, 4.69) is 0 Å². The zero-order chi connectivity index (χ0) is 12.4. The lowest BCUT2D eigenvalue weighted by Crippen LogP contribution is -1.90. The fourth-order valence-corrected chi connectivity index (χ4v) is 2.02. The number of thiophene rings is 1. The standard InChI is InChI=1S/C11H6ClFO3S/c12-8-3-6(13)1-2-9(8)16-7-4-10(11(14)15)17-5-7/h1-5H,(H,14,15). The van der Waals surface area contributed by atoms with E-state index in [1.165, 1.54) is 18.2 Å². The first kappa shape index (κ1) is 11.9. The highest BCUT2D eigenvalue weighted by Crippen LogP contribution is 2.32. The van der Waals surface area contributed by atoms with Crippen LogP contribution in [0.3, 0.4) is 0 Å². The average Bonchev–Trinajstić information content (AvgIpc) is 2.71. The smallest absolute Gasteiger partial charge is 0.346 e. The van der Waals surface area contributed by atoms with Gasteiger partial charge in [0.25, 0.3) is 0 Å². The Kier molecular flexibility index (Phi) is 3.31. The normalized spacial score (nSPS) is 10.2. The zero-order valence-corrected chi connectivity index (χ0v) is 9.89. The van der Waals surface area contributed by atoms with E-state index in [0.29, 0.717) is 5.75 Å². The van der Waals surface area contributed by atoms with Crippen LogP contribution in [0.5, 0.6) is 11.5 Å². The van der Waals surface area contributed by atoms with Crippen LogP contribution in [-0.4, -0.2) is 11.1 Å². The van der Waals surface area contributed by atoms with Crippen molar-refractivity contribution in [2.24, 2.45) is 0 Å². The molecule has 1 N–H and O–H groups in total. The van der Waals surface area contributed by atoms with Crippen molar-refractivity contribution in [2.75, 3.05) is 0 Å². The lowest BCUT2D eigenvalue weighted by molar-refractivity contribution is 0.0702. The summed E-state index contributed by atoms with van der Waals surface area (Å²) < 4.78 is 18.1. The summed E-state index contributed by atoms with van der Waals surface area (Å²) in [5, 5.41) is 10.4. The monoisotopic (exact) mass is 272 g/mol. The second-order valence-corrected chi connectivity index (χ2v) is 4.45. The first-order valence-electron chi connectivity index (χ1n) is 4.51. The molecule has 17 heavy (non-hydrogen) atoms. The van der Waals surface area contributed by atoms with Gasteiger partial charge in [-0.05, 0) is 18.2 Å². The van der Waals surface area contributed by atoms with Crippen molar-refractivity contribution in [3.8, 4) is 11.5 Å². The topological polar surface area (TPSA) is 46.5 Å². The molecule has 2 aromatic rings. The molecule has 0 bridgehead atoms. The molecule has 0 saturated carbocycles. The van der Waals surface area contributed by atoms with Crippen LogP contribution in [0, 0.1) is 5.82 Å². The second-order valence-electron chi connectivity index (χ2n) is 3.13. The van der Waals surface area contributed by atoms with E-state index in [4.69, 9.17) is 21.4 Å². The molecule has 1 aromatic carbocycles. The number of carboxylic acid groups (broad SMARTS) is 1. The number of hydrogen-bond acceptors (Lipinski definition) is 3. The van der Waals surface area contributed by atoms with E-state index in [1.807, 2.05) is 0 Å². The molecular weight excluding hydrogens is 267 g/mol. The van der Waals surface area contributed by atoms with Crippen LogP contribution in [0.4, 0.5) is 4.39 Å². The van der Waals surface area contributed by atoms with Crippen molar-refractivity contribution >= 4 is 28.9 Å². The van der Waals surface area contributed by atoms with Crippen LogP contribution < -0.4 is 4.74 Å². The van der Waals surface area contributed by atoms with Crippen molar-refractivity contribution in [3.05, 3.63) is 45.4 Å². The molecule has 0 aliphatic heterocycles. The van der Waals surface area contributed by atoms with Crippen molar-refractivity contribution in [2.45, 2.75) is 0 Å². The first-order valence-corrected chi connectivity index (χ1v) is 5.77. The summed E-state index contributed by atoms with van der Waals surface area (Å²) in [6, 6.07) is 5.11. The van der Waals surface area contributed by atoms with Gasteiger partial charge in [0, 0.05) is 11.4 Å². The Balaban J connectivity index is 2.22. The molecule has 6 heteroatoms. The third kappa shape index (κ3) is 2.75. The summed E-state index contributed by atoms with van der Waals surface area (Å²) in [7, 11) is 0. The number of halogens is 2. The maximum atomic E-state index is 12.8. The molecule has 3 nitrogen and oxygen atoms in total. The second kappa shape index (κ2) is 4.73. The first-order chi connectivity index (χ1) is 8.06. The molecule has 0 unspecified atom stereocenters. The predicted octanol–water partition coefficient (Wildman–Crippen LogP) is 4.03. The van der Waals surface area contributed by atoms with Crippen molar-refractivity contribution in [1.82, 2.24) is 0 Å². The molecular formula is C11H6ClFO3S. The average molecular weight is 273 g/mol. The summed E-state index contributed by atoms with van der Waals surface area (Å²) >= 11 is 6.82. The Bertz CT molecular complexity index is 568. The molecule has 0 fully saturated rings. The van der Waals surface area contributed by atoms with Gasteiger partial charge < -0.3 is 9.84 Å². The Hall–Kier alpha value is -1.59. The van der Waals surface area contributed by atoms with Crippen LogP contribution in [0.2, 0.25) is 5.02 Å². The Morgan fingerprint density at radius 3 is 2.76 bits per heavy atom. The van der Waals surface area contributed by atoms with Gasteiger partial charge in [-0.25, -0.2) is 9.18 Å². The molecule has 2 rings (SSSR count). The molecule has 1 heterocycles. The van der Waals surface area contributed by atoms with E-state index < -0.39 is 11.8 Å². The SMILES string of the molecule is O=C(O)c1cc(Oc2ccc(F)cc2Cl)cs1. The number of benzene rings is 1. The summed E-state index contributed by atoms with van der Waals surface area (Å²) in [5.74, 6) is -0.835. The van der Waals surface area contributed by atoms with Gasteiger partial charge in [0.05, 0.1) is 5.02 Å². The van der Waals surface area contributed by atoms with Gasteiger partial charge in [-0.2, -0.15) is 0 Å². The lowest BCUT2D eigenvalue weighted by atomic mass is 10.3. The van der Waals surface area contributed by atoms with Gasteiger partial charge in [0.1, 0.15) is 22.2 Å². The van der Waals surface area contributed by atoms with Gasteiger partial charge in [-0.1, -0.05) is 11.6 Å². The van der Waals surface area contributed by atoms with E-state index in [1.54, 1.807) is 5.38 Å². The summed E-state index contributed by atoms with van der Waals surface area (Å²) in [5.41, 5.74) is 0. The minimum absolute atomic E-state index is 0.132. The number of aromatic carboxylic acids is 1. The molecule has 0 amide bonds. The van der Waals surface area contributed by atoms with Crippen LogP contribution in [-0.2, 0) is 0 Å². The highest BCUT2D eigenvalue weighted by Gasteiger charge is 2.10. The highest BCUT2D eigenvalue weighted by molar-refractivity contribution is 7.12. The van der Waals surface area contributed by atoms with E-state index in [-0.39, 0.29) is 15.6 Å². The van der Waals surface area contributed by atoms with E-state index in [9.17, 15) is 9.18 Å². The maximum absolute atomic E-state index is 12.8. The number of carboxylic acids is 1. The summed E-state index contributed by atoms with van der Waals surface area (Å²) in [6.07, 6.45) is 0. The quantitative estimate of drug-likeness (QED) is 0.917. The van der Waals surface area contributed by atoms with Gasteiger partial charge in [0.15, 0.2) is 0 Å². The fourth-order valence-electron chi connectivity index (χ4n) is 1.17. The van der Waals surface area contributed by atoms with Crippen LogP contribution >= 0.6 is 22.9 Å². The minimum Gasteiger partial charge on any atom is -0.477 e. The third-order valence-electron chi connectivity index (χ3n) is 1.91. The zero-order valence-electron chi connectivity index (χ0n) is 8.31. The maximum Gasteiger partial charge on any atom is 0.346 e. The van der Waals surface area contributed by atoms with E-state index >= 15 is 0 Å². The highest BCUT2D eigenvalue weighted by atomic mass is 35.5. The molecule has 0 spiro atoms. The van der Waals surface area contributed by atoms with Crippen molar-refractivity contribution < 1.29 is 19.0 Å². The Labute approximate surface area is 105 Å². The Morgan fingerprint density at radius 2 is 2.18 bits per heavy atom. The predicted molar refractivity (Wildman–Crippen MR) is 62.8 cm³/mol. The lowest BCUT2D eigenvalue weighted by Gasteiger charge is -2.04. The largest absolute Gasteiger partial charge is 0.477 e. The number of rotatable bonds is 3. The summed E-state index contributed by atoms with van der Waals surface area (Å²) in [6.45, 7) is 0. The number of carbonyl (C=O) groups is 1. The Morgan fingerprint density at radius 1 is 1.41 bits per heavy atom. The van der Waals surface area contributed by atoms with E-state index in [0.717, 1.165) is 17.4 Å². The van der Waals surface area contributed by atoms with Crippen LogP contribution in [0.15, 0.2) is 29.6 Å². The molecule has 0 radical (unpaired) electrons. The number of hydrogen-bond donors (Lipinski definition) is 1. The summed E-state index contributed by atoms with van der Waals surface area (Å²) in [4.78, 5) is 10.8. The molecule has 0 aliphatic carbocycles. The molecule has 0 atom stereocenters. The molecule has 88 valence electrons. The molecule has 0 saturated heterocycles. The van der Waals surface area contributed by atoms with Gasteiger partial charge in [0.2, 0.25) is 0 Å². The van der Waals surface area contributed by atoms with Crippen LogP contribution in [0.25, 0.3) is 0 Å². The van der Waals surface area contributed by atoms with Crippen molar-refractivity contribution in [1.29, 1.82) is 0 Å². The van der Waals surface area contributed by atoms with Crippen molar-refractivity contribution in [3.63, 3.8) is 0 Å². The molecule has 0 aliphatic rings. The van der Waals surface area contributed by atoms with Gasteiger partial charge >= 0.3 is 5.97 Å².